The van der Waals surface area contributed by atoms with Crippen molar-refractivity contribution in [1.29, 1.82) is 0 Å². The Balaban J connectivity index is 2.13. The average molecular weight is 270 g/mol. The first-order valence-electron chi connectivity index (χ1n) is 5.67. The monoisotopic (exact) mass is 270 g/mol. The standard InChI is InChI=1S/C11H14N2O4S/c14-11(15)9(6-10-12-3-1-4-13-10)8-2-5-18(16,17)7-8/h1,3-4,8-9H,2,5-7H2,(H,14,15). The quantitative estimate of drug-likeness (QED) is 0.836. The van der Waals surface area contributed by atoms with Gasteiger partial charge in [0.15, 0.2) is 9.84 Å². The lowest BCUT2D eigenvalue weighted by atomic mass is 9.89. The van der Waals surface area contributed by atoms with Crippen LogP contribution in [-0.2, 0) is 21.1 Å². The molecule has 1 saturated heterocycles. The van der Waals surface area contributed by atoms with Crippen molar-refractivity contribution in [2.24, 2.45) is 11.8 Å². The molecular weight excluding hydrogens is 256 g/mol. The minimum atomic E-state index is -3.07. The number of sulfone groups is 1. The summed E-state index contributed by atoms with van der Waals surface area (Å²) in [5, 5.41) is 9.21. The first-order valence-corrected chi connectivity index (χ1v) is 7.49. The van der Waals surface area contributed by atoms with E-state index in [1.807, 2.05) is 0 Å². The van der Waals surface area contributed by atoms with Gasteiger partial charge in [0.2, 0.25) is 0 Å². The van der Waals surface area contributed by atoms with Crippen LogP contribution in [-0.4, -0.2) is 41.0 Å². The van der Waals surface area contributed by atoms with Gasteiger partial charge in [0.25, 0.3) is 0 Å². The lowest BCUT2D eigenvalue weighted by molar-refractivity contribution is -0.143. The van der Waals surface area contributed by atoms with Crippen molar-refractivity contribution in [2.75, 3.05) is 11.5 Å². The van der Waals surface area contributed by atoms with Crippen LogP contribution in [0.1, 0.15) is 12.2 Å². The number of hydrogen-bond donors (Lipinski definition) is 1. The van der Waals surface area contributed by atoms with Crippen molar-refractivity contribution >= 4 is 15.8 Å². The Hall–Kier alpha value is -1.50. The Morgan fingerprint density at radius 2 is 2.11 bits per heavy atom. The molecule has 98 valence electrons. The molecule has 0 saturated carbocycles. The van der Waals surface area contributed by atoms with E-state index < -0.39 is 21.7 Å². The van der Waals surface area contributed by atoms with Gasteiger partial charge in [0, 0.05) is 18.8 Å². The third-order valence-electron chi connectivity index (χ3n) is 3.18. The van der Waals surface area contributed by atoms with Crippen LogP contribution in [0.15, 0.2) is 18.5 Å². The number of rotatable bonds is 4. The summed E-state index contributed by atoms with van der Waals surface area (Å²) in [7, 11) is -3.07. The van der Waals surface area contributed by atoms with E-state index in [4.69, 9.17) is 0 Å². The van der Waals surface area contributed by atoms with Gasteiger partial charge >= 0.3 is 5.97 Å². The lowest BCUT2D eigenvalue weighted by Gasteiger charge is -2.16. The molecular formula is C11H14N2O4S. The molecule has 18 heavy (non-hydrogen) atoms. The van der Waals surface area contributed by atoms with Crippen LogP contribution in [0, 0.1) is 11.8 Å². The maximum atomic E-state index is 11.4. The molecule has 1 aliphatic rings. The molecule has 0 amide bonds. The summed E-state index contributed by atoms with van der Waals surface area (Å²) in [5.74, 6) is -1.58. The van der Waals surface area contributed by atoms with Crippen LogP contribution >= 0.6 is 0 Å². The molecule has 2 rings (SSSR count). The Labute approximate surface area is 105 Å². The van der Waals surface area contributed by atoms with Crippen LogP contribution in [0.25, 0.3) is 0 Å². The van der Waals surface area contributed by atoms with E-state index in [1.54, 1.807) is 18.5 Å². The zero-order valence-electron chi connectivity index (χ0n) is 9.69. The summed E-state index contributed by atoms with van der Waals surface area (Å²) in [6, 6.07) is 1.65. The minimum absolute atomic E-state index is 0.0448. The van der Waals surface area contributed by atoms with Crippen molar-refractivity contribution in [1.82, 2.24) is 9.97 Å². The molecule has 1 aromatic rings. The molecule has 7 heteroatoms. The number of aromatic nitrogens is 2. The van der Waals surface area contributed by atoms with Gasteiger partial charge in [-0.15, -0.1) is 0 Å². The number of carboxylic acids is 1. The highest BCUT2D eigenvalue weighted by Crippen LogP contribution is 2.28. The lowest BCUT2D eigenvalue weighted by Crippen LogP contribution is -2.27. The molecule has 0 aliphatic carbocycles. The third kappa shape index (κ3) is 3.04. The van der Waals surface area contributed by atoms with E-state index in [9.17, 15) is 18.3 Å². The van der Waals surface area contributed by atoms with Crippen molar-refractivity contribution < 1.29 is 18.3 Å². The zero-order valence-corrected chi connectivity index (χ0v) is 10.5. The number of hydrogen-bond acceptors (Lipinski definition) is 5. The van der Waals surface area contributed by atoms with Crippen molar-refractivity contribution in [3.05, 3.63) is 24.3 Å². The number of carboxylic acid groups (broad SMARTS) is 1. The van der Waals surface area contributed by atoms with E-state index in [0.29, 0.717) is 12.2 Å². The van der Waals surface area contributed by atoms with E-state index in [0.717, 1.165) is 0 Å². The number of carbonyl (C=O) groups is 1. The SMILES string of the molecule is O=C(O)C(Cc1ncccn1)C1CCS(=O)(=O)C1. The fourth-order valence-corrected chi connectivity index (χ4v) is 4.11. The van der Waals surface area contributed by atoms with Gasteiger partial charge in [-0.1, -0.05) is 0 Å². The summed E-state index contributed by atoms with van der Waals surface area (Å²) < 4.78 is 22.8. The second-order valence-electron chi connectivity index (χ2n) is 4.48. The number of aliphatic carboxylic acids is 1. The van der Waals surface area contributed by atoms with Crippen LogP contribution < -0.4 is 0 Å². The summed E-state index contributed by atoms with van der Waals surface area (Å²) in [6.45, 7) is 0. The molecule has 0 radical (unpaired) electrons. The summed E-state index contributed by atoms with van der Waals surface area (Å²) in [4.78, 5) is 19.2. The van der Waals surface area contributed by atoms with E-state index in [1.165, 1.54) is 0 Å². The first-order chi connectivity index (χ1) is 8.48. The smallest absolute Gasteiger partial charge is 0.307 e. The van der Waals surface area contributed by atoms with Crippen molar-refractivity contribution in [3.8, 4) is 0 Å². The van der Waals surface area contributed by atoms with Crippen LogP contribution in [0.3, 0.4) is 0 Å². The summed E-state index contributed by atoms with van der Waals surface area (Å²) in [5.41, 5.74) is 0. The summed E-state index contributed by atoms with van der Waals surface area (Å²) in [6.07, 6.45) is 3.68. The Morgan fingerprint density at radius 3 is 2.61 bits per heavy atom. The molecule has 2 unspecified atom stereocenters. The normalized spacial score (nSPS) is 23.7. The zero-order chi connectivity index (χ0) is 13.2. The molecule has 1 aliphatic heterocycles. The number of nitrogens with zero attached hydrogens (tertiary/aromatic N) is 2. The molecule has 2 atom stereocenters. The second kappa shape index (κ2) is 5.01. The van der Waals surface area contributed by atoms with Crippen molar-refractivity contribution in [3.63, 3.8) is 0 Å². The highest BCUT2D eigenvalue weighted by Gasteiger charge is 2.37. The predicted molar refractivity (Wildman–Crippen MR) is 63.6 cm³/mol. The third-order valence-corrected chi connectivity index (χ3v) is 4.97. The highest BCUT2D eigenvalue weighted by molar-refractivity contribution is 7.91. The Bertz CT molecular complexity index is 529. The van der Waals surface area contributed by atoms with E-state index in [-0.39, 0.29) is 23.8 Å². The topological polar surface area (TPSA) is 97.2 Å². The molecule has 2 heterocycles. The van der Waals surface area contributed by atoms with Crippen LogP contribution in [0.5, 0.6) is 0 Å². The molecule has 0 aromatic carbocycles. The van der Waals surface area contributed by atoms with Crippen LogP contribution in [0.2, 0.25) is 0 Å². The van der Waals surface area contributed by atoms with Gasteiger partial charge in [-0.3, -0.25) is 4.79 Å². The Kier molecular flexibility index (Phi) is 3.60. The fourth-order valence-electron chi connectivity index (χ4n) is 2.23. The van der Waals surface area contributed by atoms with E-state index >= 15 is 0 Å². The van der Waals surface area contributed by atoms with Crippen molar-refractivity contribution in [2.45, 2.75) is 12.8 Å². The maximum Gasteiger partial charge on any atom is 0.307 e. The maximum absolute atomic E-state index is 11.4. The van der Waals surface area contributed by atoms with Crippen LogP contribution in [0.4, 0.5) is 0 Å². The molecule has 1 fully saturated rings. The molecule has 1 N–H and O–H groups in total. The minimum Gasteiger partial charge on any atom is -0.481 e. The summed E-state index contributed by atoms with van der Waals surface area (Å²) >= 11 is 0. The van der Waals surface area contributed by atoms with Gasteiger partial charge in [-0.05, 0) is 18.4 Å². The molecule has 1 aromatic heterocycles. The molecule has 0 spiro atoms. The van der Waals surface area contributed by atoms with Gasteiger partial charge in [-0.2, -0.15) is 0 Å². The van der Waals surface area contributed by atoms with Gasteiger partial charge in [0.05, 0.1) is 17.4 Å². The van der Waals surface area contributed by atoms with E-state index in [2.05, 4.69) is 9.97 Å². The molecule has 0 bridgehead atoms. The highest BCUT2D eigenvalue weighted by atomic mass is 32.2. The molecule has 6 nitrogen and oxygen atoms in total. The Morgan fingerprint density at radius 1 is 1.44 bits per heavy atom. The van der Waals surface area contributed by atoms with Gasteiger partial charge in [-0.25, -0.2) is 18.4 Å². The van der Waals surface area contributed by atoms with Gasteiger partial charge in [0.1, 0.15) is 5.82 Å². The first kappa shape index (κ1) is 12.9. The fraction of sp³-hybridized carbons (Fsp3) is 0.545. The predicted octanol–water partition coefficient (Wildman–Crippen LogP) is 0.155. The average Bonchev–Trinajstić information content (AvgIpc) is 2.67. The second-order valence-corrected chi connectivity index (χ2v) is 6.71. The largest absolute Gasteiger partial charge is 0.481 e. The van der Waals surface area contributed by atoms with Gasteiger partial charge < -0.3 is 5.11 Å².